The van der Waals surface area contributed by atoms with Crippen LogP contribution in [0.4, 0.5) is 19.1 Å². The molecule has 1 aromatic carbocycles. The average molecular weight is 444 g/mol. The lowest BCUT2D eigenvalue weighted by atomic mass is 10.1. The Balaban J connectivity index is 1.73. The number of aromatic nitrogens is 2. The molecule has 0 unspecified atom stereocenters. The highest BCUT2D eigenvalue weighted by atomic mass is 32.2. The number of aryl methyl sites for hydroxylation is 1. The van der Waals surface area contributed by atoms with Crippen LogP contribution in [0, 0.1) is 6.92 Å². The predicted octanol–water partition coefficient (Wildman–Crippen LogP) is 2.92. The maximum atomic E-state index is 13.2. The van der Waals surface area contributed by atoms with Crippen LogP contribution in [0.1, 0.15) is 36.6 Å². The Morgan fingerprint density at radius 1 is 1.23 bits per heavy atom. The average Bonchev–Trinajstić information content (AvgIpc) is 2.67. The third-order valence-corrected chi connectivity index (χ3v) is 7.14. The predicted molar refractivity (Wildman–Crippen MR) is 106 cm³/mol. The molecular formula is C19H23F3N4O3S. The molecule has 0 saturated carbocycles. The first-order valence-corrected chi connectivity index (χ1v) is 11.0. The quantitative estimate of drug-likeness (QED) is 0.740. The molecule has 1 aliphatic rings. The van der Waals surface area contributed by atoms with E-state index in [0.29, 0.717) is 36.5 Å². The minimum absolute atomic E-state index is 0.0580. The first kappa shape index (κ1) is 22.3. The highest BCUT2D eigenvalue weighted by molar-refractivity contribution is 7.89. The second kappa shape index (κ2) is 8.38. The first-order valence-electron chi connectivity index (χ1n) is 9.56. The summed E-state index contributed by atoms with van der Waals surface area (Å²) in [5.41, 5.74) is -0.174. The number of hydrogen-bond acceptors (Lipinski definition) is 5. The van der Waals surface area contributed by atoms with Crippen molar-refractivity contribution in [3.05, 3.63) is 51.4 Å². The maximum Gasteiger partial charge on any atom is 0.417 e. The van der Waals surface area contributed by atoms with Crippen LogP contribution < -0.4 is 10.9 Å². The number of nitrogens with zero attached hydrogens (tertiary/aromatic N) is 2. The van der Waals surface area contributed by atoms with Crippen molar-refractivity contribution in [2.75, 3.05) is 18.4 Å². The largest absolute Gasteiger partial charge is 0.417 e. The van der Waals surface area contributed by atoms with Crippen molar-refractivity contribution in [2.45, 2.75) is 50.2 Å². The normalized spacial score (nSPS) is 16.6. The molecule has 1 aliphatic heterocycles. The van der Waals surface area contributed by atoms with Gasteiger partial charge in [-0.05, 0) is 38.3 Å². The van der Waals surface area contributed by atoms with Gasteiger partial charge in [-0.15, -0.1) is 0 Å². The van der Waals surface area contributed by atoms with E-state index in [4.69, 9.17) is 0 Å². The molecular weight excluding hydrogens is 421 g/mol. The monoisotopic (exact) mass is 444 g/mol. The smallest absolute Gasteiger partial charge is 0.353 e. The van der Waals surface area contributed by atoms with Crippen LogP contribution in [-0.2, 0) is 22.6 Å². The Morgan fingerprint density at radius 2 is 1.87 bits per heavy atom. The molecule has 2 N–H and O–H groups in total. The molecule has 164 valence electrons. The number of benzene rings is 1. The van der Waals surface area contributed by atoms with Crippen molar-refractivity contribution in [1.82, 2.24) is 14.3 Å². The lowest BCUT2D eigenvalue weighted by Gasteiger charge is -2.32. The molecule has 0 radical (unpaired) electrons. The van der Waals surface area contributed by atoms with Gasteiger partial charge in [-0.1, -0.05) is 19.1 Å². The Kier molecular flexibility index (Phi) is 6.23. The Hall–Kier alpha value is -2.40. The van der Waals surface area contributed by atoms with Crippen LogP contribution in [0.2, 0.25) is 0 Å². The van der Waals surface area contributed by atoms with Crippen molar-refractivity contribution >= 4 is 16.0 Å². The molecule has 2 heterocycles. The summed E-state index contributed by atoms with van der Waals surface area (Å²) in [6.45, 7) is 3.72. The zero-order chi connectivity index (χ0) is 22.1. The summed E-state index contributed by atoms with van der Waals surface area (Å²) in [6, 6.07) is 4.03. The van der Waals surface area contributed by atoms with Gasteiger partial charge in [-0.2, -0.15) is 17.5 Å². The van der Waals surface area contributed by atoms with E-state index in [2.05, 4.69) is 15.3 Å². The molecule has 11 heteroatoms. The minimum atomic E-state index is -4.76. The molecule has 2 aromatic rings. The molecule has 0 atom stereocenters. The van der Waals surface area contributed by atoms with Crippen molar-refractivity contribution < 1.29 is 21.6 Å². The molecule has 0 bridgehead atoms. The van der Waals surface area contributed by atoms with E-state index in [1.54, 1.807) is 6.92 Å². The molecule has 7 nitrogen and oxygen atoms in total. The fourth-order valence-electron chi connectivity index (χ4n) is 3.59. The summed E-state index contributed by atoms with van der Waals surface area (Å²) >= 11 is 0. The van der Waals surface area contributed by atoms with Crippen LogP contribution in [0.25, 0.3) is 0 Å². The molecule has 0 aliphatic carbocycles. The van der Waals surface area contributed by atoms with Crippen LogP contribution in [0.3, 0.4) is 0 Å². The Morgan fingerprint density at radius 3 is 2.43 bits per heavy atom. The van der Waals surface area contributed by atoms with Crippen molar-refractivity contribution in [2.24, 2.45) is 0 Å². The zero-order valence-electron chi connectivity index (χ0n) is 16.6. The highest BCUT2D eigenvalue weighted by Crippen LogP contribution is 2.35. The van der Waals surface area contributed by atoms with Crippen LogP contribution in [0.15, 0.2) is 34.0 Å². The van der Waals surface area contributed by atoms with E-state index < -0.39 is 26.7 Å². The number of rotatable bonds is 5. The maximum absolute atomic E-state index is 13.2. The van der Waals surface area contributed by atoms with Gasteiger partial charge < -0.3 is 5.32 Å². The van der Waals surface area contributed by atoms with Crippen LogP contribution in [0.5, 0.6) is 0 Å². The van der Waals surface area contributed by atoms with Gasteiger partial charge in [0.05, 0.1) is 10.5 Å². The SMILES string of the molecule is CCc1c(C)nc(NC2CCN(S(=O)(=O)c3ccccc3C(F)(F)F)CC2)[nH]c1=O. The topological polar surface area (TPSA) is 95.2 Å². The number of aromatic amines is 1. The number of sulfonamides is 1. The van der Waals surface area contributed by atoms with E-state index in [9.17, 15) is 26.4 Å². The Bertz CT molecular complexity index is 1080. The number of anilines is 1. The third-order valence-electron chi connectivity index (χ3n) is 5.18. The number of hydrogen-bond donors (Lipinski definition) is 2. The van der Waals surface area contributed by atoms with E-state index in [1.807, 2.05) is 6.92 Å². The van der Waals surface area contributed by atoms with E-state index in [1.165, 1.54) is 6.07 Å². The van der Waals surface area contributed by atoms with Gasteiger partial charge in [0.25, 0.3) is 5.56 Å². The van der Waals surface area contributed by atoms with Crippen LogP contribution in [-0.4, -0.2) is 41.8 Å². The molecule has 3 rings (SSSR count). The van der Waals surface area contributed by atoms with E-state index in [0.717, 1.165) is 22.5 Å². The van der Waals surface area contributed by atoms with Crippen LogP contribution >= 0.6 is 0 Å². The summed E-state index contributed by atoms with van der Waals surface area (Å²) in [7, 11) is -4.28. The second-order valence-corrected chi connectivity index (χ2v) is 9.06. The first-order chi connectivity index (χ1) is 14.0. The fraction of sp³-hybridized carbons (Fsp3) is 0.474. The lowest BCUT2D eigenvalue weighted by molar-refractivity contribution is -0.139. The van der Waals surface area contributed by atoms with Gasteiger partial charge in [-0.25, -0.2) is 13.4 Å². The molecule has 0 amide bonds. The van der Waals surface area contributed by atoms with Gasteiger partial charge >= 0.3 is 6.18 Å². The van der Waals surface area contributed by atoms with Crippen molar-refractivity contribution in [3.8, 4) is 0 Å². The highest BCUT2D eigenvalue weighted by Gasteiger charge is 2.39. The van der Waals surface area contributed by atoms with E-state index in [-0.39, 0.29) is 24.7 Å². The molecule has 30 heavy (non-hydrogen) atoms. The third kappa shape index (κ3) is 4.51. The Labute approximate surface area is 172 Å². The van der Waals surface area contributed by atoms with Gasteiger partial charge in [0.2, 0.25) is 16.0 Å². The molecule has 0 spiro atoms. The van der Waals surface area contributed by atoms with Crippen molar-refractivity contribution in [1.29, 1.82) is 0 Å². The fourth-order valence-corrected chi connectivity index (χ4v) is 5.28. The summed E-state index contributed by atoms with van der Waals surface area (Å²) in [6.07, 6.45) is -3.47. The number of H-pyrrole nitrogens is 1. The number of piperidine rings is 1. The molecule has 1 saturated heterocycles. The summed E-state index contributed by atoms with van der Waals surface area (Å²) in [5.74, 6) is 0.304. The second-order valence-electron chi connectivity index (χ2n) is 7.15. The molecule has 1 fully saturated rings. The summed E-state index contributed by atoms with van der Waals surface area (Å²) < 4.78 is 66.4. The zero-order valence-corrected chi connectivity index (χ0v) is 17.4. The number of alkyl halides is 3. The summed E-state index contributed by atoms with van der Waals surface area (Å²) in [4.78, 5) is 18.3. The van der Waals surface area contributed by atoms with Crippen molar-refractivity contribution in [3.63, 3.8) is 0 Å². The molecule has 1 aromatic heterocycles. The minimum Gasteiger partial charge on any atom is -0.353 e. The number of halogens is 3. The van der Waals surface area contributed by atoms with Gasteiger partial charge in [0, 0.05) is 30.4 Å². The van der Waals surface area contributed by atoms with E-state index >= 15 is 0 Å². The van der Waals surface area contributed by atoms with Gasteiger partial charge in [0.15, 0.2) is 0 Å². The number of nitrogens with one attached hydrogen (secondary N) is 2. The standard InChI is InChI=1S/C19H23F3N4O3S/c1-3-14-12(2)23-18(25-17(14)27)24-13-8-10-26(11-9-13)30(28,29)16-7-5-4-6-15(16)19(20,21)22/h4-7,13H,3,8-11H2,1-2H3,(H2,23,24,25,27). The van der Waals surface area contributed by atoms with Gasteiger partial charge in [0.1, 0.15) is 0 Å². The lowest BCUT2D eigenvalue weighted by Crippen LogP contribution is -2.43. The summed E-state index contributed by atoms with van der Waals surface area (Å²) in [5, 5.41) is 3.09. The van der Waals surface area contributed by atoms with Gasteiger partial charge in [-0.3, -0.25) is 9.78 Å².